The van der Waals surface area contributed by atoms with E-state index in [-0.39, 0.29) is 10.6 Å². The minimum Gasteiger partial charge on any atom is -0.497 e. The normalized spacial score (nSPS) is 11.5. The molecule has 1 atom stereocenters. The number of methoxy groups -OCH3 is 1. The number of nitriles is 1. The quantitative estimate of drug-likeness (QED) is 0.803. The Morgan fingerprint density at radius 2 is 1.95 bits per heavy atom. The van der Waals surface area contributed by atoms with Crippen molar-refractivity contribution in [3.8, 4) is 11.8 Å². The smallest absolute Gasteiger partial charge is 0.187 e. The van der Waals surface area contributed by atoms with Crippen molar-refractivity contribution in [1.82, 2.24) is 0 Å². The number of ketones is 1. The van der Waals surface area contributed by atoms with Gasteiger partial charge >= 0.3 is 0 Å². The summed E-state index contributed by atoms with van der Waals surface area (Å²) in [5, 5.41) is 9.48. The lowest BCUT2D eigenvalue weighted by Gasteiger charge is -2.10. The van der Waals surface area contributed by atoms with Crippen LogP contribution in [0.3, 0.4) is 0 Å². The average molecular weight is 304 g/mol. The van der Waals surface area contributed by atoms with Gasteiger partial charge in [-0.3, -0.25) is 4.79 Å². The van der Waals surface area contributed by atoms with Gasteiger partial charge in [0.25, 0.3) is 0 Å². The Kier molecular flexibility index (Phi) is 4.56. The van der Waals surface area contributed by atoms with Crippen LogP contribution in [0, 0.1) is 17.1 Å². The minimum atomic E-state index is -1.09. The third kappa shape index (κ3) is 3.21. The maximum absolute atomic E-state index is 13.7. The summed E-state index contributed by atoms with van der Waals surface area (Å²) in [5.41, 5.74) is 0.285. The molecule has 0 spiro atoms. The zero-order chi connectivity index (χ0) is 15.4. The summed E-state index contributed by atoms with van der Waals surface area (Å²) in [7, 11) is 1.52. The summed E-state index contributed by atoms with van der Waals surface area (Å²) in [6.45, 7) is 0. The van der Waals surface area contributed by atoms with E-state index in [1.54, 1.807) is 24.3 Å². The number of ether oxygens (including phenoxy) is 1. The van der Waals surface area contributed by atoms with E-state index in [9.17, 15) is 14.4 Å². The SMILES string of the molecule is COc1ccc(C(C#N)C(=O)c2cc(Cl)ccc2F)cc1. The Balaban J connectivity index is 2.38. The van der Waals surface area contributed by atoms with Crippen molar-refractivity contribution in [2.75, 3.05) is 7.11 Å². The van der Waals surface area contributed by atoms with Gasteiger partial charge in [0.05, 0.1) is 18.7 Å². The van der Waals surface area contributed by atoms with Crippen LogP contribution in [-0.2, 0) is 0 Å². The molecule has 5 heteroatoms. The van der Waals surface area contributed by atoms with Crippen LogP contribution in [0.25, 0.3) is 0 Å². The molecule has 0 saturated heterocycles. The second-order valence-electron chi connectivity index (χ2n) is 4.32. The van der Waals surface area contributed by atoms with Crippen molar-refractivity contribution >= 4 is 17.4 Å². The first kappa shape index (κ1) is 15.0. The predicted octanol–water partition coefficient (Wildman–Crippen LogP) is 3.98. The minimum absolute atomic E-state index is 0.190. The number of nitrogens with zero attached hydrogens (tertiary/aromatic N) is 1. The number of benzene rings is 2. The van der Waals surface area contributed by atoms with E-state index in [1.165, 1.54) is 19.2 Å². The number of carbonyl (C=O) groups excluding carboxylic acids is 1. The molecule has 21 heavy (non-hydrogen) atoms. The van der Waals surface area contributed by atoms with E-state index < -0.39 is 17.5 Å². The van der Waals surface area contributed by atoms with E-state index >= 15 is 0 Å². The Hall–Kier alpha value is -2.38. The van der Waals surface area contributed by atoms with Crippen molar-refractivity contribution in [3.63, 3.8) is 0 Å². The lowest BCUT2D eigenvalue weighted by atomic mass is 9.91. The number of halogens is 2. The van der Waals surface area contributed by atoms with Gasteiger partial charge in [-0.15, -0.1) is 0 Å². The standard InChI is InChI=1S/C16H11ClFNO2/c1-21-12-5-2-10(3-6-12)14(9-19)16(20)13-8-11(17)4-7-15(13)18/h2-8,14H,1H3. The van der Waals surface area contributed by atoms with Gasteiger partial charge in [0.2, 0.25) is 0 Å². The number of carbonyl (C=O) groups is 1. The highest BCUT2D eigenvalue weighted by molar-refractivity contribution is 6.31. The molecule has 0 amide bonds. The van der Waals surface area contributed by atoms with Gasteiger partial charge in [-0.2, -0.15) is 5.26 Å². The van der Waals surface area contributed by atoms with Crippen molar-refractivity contribution < 1.29 is 13.9 Å². The molecular formula is C16H11ClFNO2. The van der Waals surface area contributed by atoms with Crippen LogP contribution in [0.2, 0.25) is 5.02 Å². The topological polar surface area (TPSA) is 50.1 Å². The second-order valence-corrected chi connectivity index (χ2v) is 4.76. The van der Waals surface area contributed by atoms with E-state index in [0.717, 1.165) is 6.07 Å². The van der Waals surface area contributed by atoms with Gasteiger partial charge in [-0.25, -0.2) is 4.39 Å². The van der Waals surface area contributed by atoms with Crippen molar-refractivity contribution in [2.45, 2.75) is 5.92 Å². The van der Waals surface area contributed by atoms with E-state index in [0.29, 0.717) is 11.3 Å². The van der Waals surface area contributed by atoms with Crippen LogP contribution in [0.1, 0.15) is 21.8 Å². The number of hydrogen-bond donors (Lipinski definition) is 0. The zero-order valence-electron chi connectivity index (χ0n) is 11.1. The lowest BCUT2D eigenvalue weighted by Crippen LogP contribution is -2.13. The van der Waals surface area contributed by atoms with Crippen LogP contribution in [0.15, 0.2) is 42.5 Å². The summed E-state index contributed by atoms with van der Waals surface area (Å²) in [6.07, 6.45) is 0. The average Bonchev–Trinajstić information content (AvgIpc) is 2.51. The Labute approximate surface area is 126 Å². The highest BCUT2D eigenvalue weighted by atomic mass is 35.5. The molecule has 0 saturated carbocycles. The van der Waals surface area contributed by atoms with Gasteiger partial charge in [-0.1, -0.05) is 23.7 Å². The third-order valence-corrected chi connectivity index (χ3v) is 3.27. The van der Waals surface area contributed by atoms with Gasteiger partial charge in [0.1, 0.15) is 17.5 Å². The monoisotopic (exact) mass is 303 g/mol. The van der Waals surface area contributed by atoms with Crippen LogP contribution < -0.4 is 4.74 Å². The molecule has 0 aromatic heterocycles. The second kappa shape index (κ2) is 6.38. The van der Waals surface area contributed by atoms with Gasteiger partial charge in [0, 0.05) is 5.02 Å². The van der Waals surface area contributed by atoms with Gasteiger partial charge in [-0.05, 0) is 35.9 Å². The summed E-state index contributed by atoms with van der Waals surface area (Å²) in [5.74, 6) is -1.80. The molecule has 2 aromatic carbocycles. The van der Waals surface area contributed by atoms with Crippen molar-refractivity contribution in [3.05, 3.63) is 64.4 Å². The molecule has 3 nitrogen and oxygen atoms in total. The largest absolute Gasteiger partial charge is 0.497 e. The number of rotatable bonds is 4. The van der Waals surface area contributed by atoms with E-state index in [1.807, 2.05) is 6.07 Å². The first-order valence-electron chi connectivity index (χ1n) is 6.09. The third-order valence-electron chi connectivity index (χ3n) is 3.03. The number of Topliss-reactive ketones (excluding diaryl/α,β-unsaturated/α-hetero) is 1. The number of hydrogen-bond acceptors (Lipinski definition) is 3. The predicted molar refractivity (Wildman–Crippen MR) is 77.1 cm³/mol. The fourth-order valence-electron chi connectivity index (χ4n) is 1.92. The zero-order valence-corrected chi connectivity index (χ0v) is 11.9. The lowest BCUT2D eigenvalue weighted by molar-refractivity contribution is 0.0975. The van der Waals surface area contributed by atoms with E-state index in [4.69, 9.17) is 16.3 Å². The molecule has 0 bridgehead atoms. The molecule has 2 rings (SSSR count). The van der Waals surface area contributed by atoms with Gasteiger partial charge < -0.3 is 4.74 Å². The highest BCUT2D eigenvalue weighted by Crippen LogP contribution is 2.25. The Morgan fingerprint density at radius 1 is 1.29 bits per heavy atom. The molecule has 0 heterocycles. The van der Waals surface area contributed by atoms with Crippen molar-refractivity contribution in [1.29, 1.82) is 5.26 Å². The summed E-state index contributed by atoms with van der Waals surface area (Å²) >= 11 is 5.78. The molecule has 106 valence electrons. The van der Waals surface area contributed by atoms with Crippen LogP contribution in [0.4, 0.5) is 4.39 Å². The van der Waals surface area contributed by atoms with Crippen LogP contribution in [-0.4, -0.2) is 12.9 Å². The molecular weight excluding hydrogens is 293 g/mol. The maximum atomic E-state index is 13.7. The summed E-state index contributed by atoms with van der Waals surface area (Å²) in [6, 6.07) is 12.1. The summed E-state index contributed by atoms with van der Waals surface area (Å²) in [4.78, 5) is 12.4. The van der Waals surface area contributed by atoms with Crippen LogP contribution >= 0.6 is 11.6 Å². The summed E-state index contributed by atoms with van der Waals surface area (Å²) < 4.78 is 18.8. The Morgan fingerprint density at radius 3 is 2.52 bits per heavy atom. The molecule has 0 aliphatic rings. The molecule has 0 radical (unpaired) electrons. The molecule has 2 aromatic rings. The van der Waals surface area contributed by atoms with E-state index in [2.05, 4.69) is 0 Å². The molecule has 0 fully saturated rings. The van der Waals surface area contributed by atoms with Gasteiger partial charge in [0.15, 0.2) is 5.78 Å². The molecule has 0 aliphatic carbocycles. The molecule has 0 aliphatic heterocycles. The molecule has 1 unspecified atom stereocenters. The fraction of sp³-hybridized carbons (Fsp3) is 0.125. The first-order valence-corrected chi connectivity index (χ1v) is 6.47. The molecule has 0 N–H and O–H groups in total. The first-order chi connectivity index (χ1) is 10.1. The fourth-order valence-corrected chi connectivity index (χ4v) is 2.09. The van der Waals surface area contributed by atoms with Crippen molar-refractivity contribution in [2.24, 2.45) is 0 Å². The maximum Gasteiger partial charge on any atom is 0.187 e. The highest BCUT2D eigenvalue weighted by Gasteiger charge is 2.24. The van der Waals surface area contributed by atoms with Crippen LogP contribution in [0.5, 0.6) is 5.75 Å². The Bertz CT molecular complexity index is 707.